The van der Waals surface area contributed by atoms with Gasteiger partial charge in [-0.2, -0.15) is 0 Å². The van der Waals surface area contributed by atoms with E-state index >= 15 is 0 Å². The van der Waals surface area contributed by atoms with Gasteiger partial charge in [-0.25, -0.2) is 0 Å². The number of fused-ring (bicyclic) bond motifs is 1. The van der Waals surface area contributed by atoms with Gasteiger partial charge in [0, 0.05) is 17.2 Å². The summed E-state index contributed by atoms with van der Waals surface area (Å²) in [6.07, 6.45) is 11.9. The maximum Gasteiger partial charge on any atom is 0.140 e. The zero-order chi connectivity index (χ0) is 13.5. The predicted octanol–water partition coefficient (Wildman–Crippen LogP) is 5.49. The van der Waals surface area contributed by atoms with Gasteiger partial charge < -0.3 is 0 Å². The van der Waals surface area contributed by atoms with Gasteiger partial charge in [0.15, 0.2) is 0 Å². The summed E-state index contributed by atoms with van der Waals surface area (Å²) in [5.41, 5.74) is 1.35. The monoisotopic (exact) mass is 278 g/mol. The Morgan fingerprint density at radius 2 is 2.05 bits per heavy atom. The van der Waals surface area contributed by atoms with E-state index in [1.807, 2.05) is 11.3 Å². The third-order valence-corrected chi connectivity index (χ3v) is 5.21. The van der Waals surface area contributed by atoms with Gasteiger partial charge in [0.25, 0.3) is 0 Å². The van der Waals surface area contributed by atoms with Crippen molar-refractivity contribution < 1.29 is 4.79 Å². The number of Topliss-reactive ketones (excluding diaryl/α,β-unsaturated/α-hetero) is 1. The van der Waals surface area contributed by atoms with E-state index in [2.05, 4.69) is 18.4 Å². The van der Waals surface area contributed by atoms with Gasteiger partial charge in [0.1, 0.15) is 5.78 Å². The second-order valence-electron chi connectivity index (χ2n) is 5.73. The maximum atomic E-state index is 12.4. The van der Waals surface area contributed by atoms with Crippen molar-refractivity contribution in [2.24, 2.45) is 0 Å². The van der Waals surface area contributed by atoms with Gasteiger partial charge in [-0.3, -0.25) is 4.79 Å². The molecule has 0 saturated carbocycles. The molecule has 0 aromatic carbocycles. The molecule has 0 aliphatic heterocycles. The summed E-state index contributed by atoms with van der Waals surface area (Å²) in [4.78, 5) is 13.8. The minimum Gasteiger partial charge on any atom is -0.299 e. The van der Waals surface area contributed by atoms with Gasteiger partial charge in [-0.15, -0.1) is 11.3 Å². The summed E-state index contributed by atoms with van der Waals surface area (Å²) >= 11 is 1.83. The molecule has 1 aliphatic carbocycles. The molecule has 106 valence electrons. The second kappa shape index (κ2) is 7.84. The third kappa shape index (κ3) is 4.17. The molecule has 1 aromatic rings. The van der Waals surface area contributed by atoms with Crippen molar-refractivity contribution in [3.05, 3.63) is 21.9 Å². The molecule has 0 saturated heterocycles. The largest absolute Gasteiger partial charge is 0.299 e. The molecule has 0 fully saturated rings. The first-order chi connectivity index (χ1) is 9.33. The number of ketones is 1. The molecule has 0 amide bonds. The fraction of sp³-hybridized carbons (Fsp3) is 0.706. The minimum absolute atomic E-state index is 0.227. The van der Waals surface area contributed by atoms with E-state index in [1.165, 1.54) is 55.4 Å². The topological polar surface area (TPSA) is 17.1 Å². The molecular weight excluding hydrogens is 252 g/mol. The van der Waals surface area contributed by atoms with E-state index in [0.29, 0.717) is 5.78 Å². The smallest absolute Gasteiger partial charge is 0.140 e. The molecule has 1 nitrogen and oxygen atoms in total. The fourth-order valence-corrected chi connectivity index (χ4v) is 4.06. The van der Waals surface area contributed by atoms with Crippen molar-refractivity contribution in [3.8, 4) is 0 Å². The van der Waals surface area contributed by atoms with Crippen molar-refractivity contribution in [2.45, 2.75) is 77.0 Å². The number of carbonyl (C=O) groups excluding carboxylic acids is 1. The fourth-order valence-electron chi connectivity index (χ4n) is 3.07. The van der Waals surface area contributed by atoms with Gasteiger partial charge in [-0.1, -0.05) is 39.0 Å². The molecule has 2 rings (SSSR count). The number of rotatable bonds is 8. The highest BCUT2D eigenvalue weighted by molar-refractivity contribution is 7.10. The molecule has 0 bridgehead atoms. The Labute approximate surface area is 121 Å². The summed E-state index contributed by atoms with van der Waals surface area (Å²) in [6, 6.07) is 2.18. The average Bonchev–Trinajstić information content (AvgIpc) is 2.90. The Balaban J connectivity index is 1.73. The van der Waals surface area contributed by atoms with E-state index in [-0.39, 0.29) is 5.92 Å². The van der Waals surface area contributed by atoms with Crippen LogP contribution in [0.1, 0.15) is 81.1 Å². The van der Waals surface area contributed by atoms with Crippen LogP contribution in [0.25, 0.3) is 0 Å². The summed E-state index contributed by atoms with van der Waals surface area (Å²) < 4.78 is 0. The standard InChI is InChI=1S/C17H26OS/c1-2-3-4-5-6-7-10-16(18)14-9-8-11-17-15(14)12-13-19-17/h12-14H,2-11H2,1H3. The van der Waals surface area contributed by atoms with Gasteiger partial charge in [0.2, 0.25) is 0 Å². The maximum absolute atomic E-state index is 12.4. The van der Waals surface area contributed by atoms with E-state index in [9.17, 15) is 4.79 Å². The lowest BCUT2D eigenvalue weighted by atomic mass is 9.83. The highest BCUT2D eigenvalue weighted by Gasteiger charge is 2.26. The quantitative estimate of drug-likeness (QED) is 0.575. The van der Waals surface area contributed by atoms with Crippen molar-refractivity contribution in [3.63, 3.8) is 0 Å². The first kappa shape index (κ1) is 14.8. The highest BCUT2D eigenvalue weighted by Crippen LogP contribution is 2.36. The van der Waals surface area contributed by atoms with Gasteiger partial charge in [0.05, 0.1) is 0 Å². The van der Waals surface area contributed by atoms with Crippen LogP contribution >= 0.6 is 11.3 Å². The first-order valence-corrected chi connectivity index (χ1v) is 8.80. The van der Waals surface area contributed by atoms with Crippen LogP contribution in [-0.2, 0) is 11.2 Å². The third-order valence-electron chi connectivity index (χ3n) is 4.22. The van der Waals surface area contributed by atoms with Crippen LogP contribution in [0.3, 0.4) is 0 Å². The Kier molecular flexibility index (Phi) is 6.09. The molecule has 0 spiro atoms. The van der Waals surface area contributed by atoms with Crippen LogP contribution in [0.5, 0.6) is 0 Å². The van der Waals surface area contributed by atoms with Gasteiger partial charge in [-0.05, 0) is 42.7 Å². The van der Waals surface area contributed by atoms with Crippen molar-refractivity contribution >= 4 is 17.1 Å². The van der Waals surface area contributed by atoms with Crippen LogP contribution in [0.15, 0.2) is 11.4 Å². The molecule has 1 atom stereocenters. The molecule has 19 heavy (non-hydrogen) atoms. The number of aryl methyl sites for hydroxylation is 1. The van der Waals surface area contributed by atoms with Crippen LogP contribution < -0.4 is 0 Å². The zero-order valence-electron chi connectivity index (χ0n) is 12.1. The number of carbonyl (C=O) groups is 1. The molecule has 1 aromatic heterocycles. The average molecular weight is 278 g/mol. The normalized spacial score (nSPS) is 18.3. The lowest BCUT2D eigenvalue weighted by Crippen LogP contribution is -2.16. The summed E-state index contributed by atoms with van der Waals surface area (Å²) in [5.74, 6) is 0.723. The molecule has 2 heteroatoms. The molecule has 0 N–H and O–H groups in total. The van der Waals surface area contributed by atoms with Gasteiger partial charge >= 0.3 is 0 Å². The zero-order valence-corrected chi connectivity index (χ0v) is 12.9. The van der Waals surface area contributed by atoms with Crippen molar-refractivity contribution in [2.75, 3.05) is 0 Å². The first-order valence-electron chi connectivity index (χ1n) is 7.92. The molecule has 0 radical (unpaired) electrons. The number of thiophene rings is 1. The SMILES string of the molecule is CCCCCCCCC(=O)C1CCCc2sccc21. The number of unbranched alkanes of at least 4 members (excludes halogenated alkanes) is 5. The summed E-state index contributed by atoms with van der Waals surface area (Å²) in [5, 5.41) is 2.15. The van der Waals surface area contributed by atoms with Crippen molar-refractivity contribution in [1.29, 1.82) is 0 Å². The Morgan fingerprint density at radius 3 is 2.89 bits per heavy atom. The van der Waals surface area contributed by atoms with Crippen LogP contribution in [0, 0.1) is 0 Å². The lowest BCUT2D eigenvalue weighted by molar-refractivity contribution is -0.120. The predicted molar refractivity (Wildman–Crippen MR) is 83.0 cm³/mol. The molecular formula is C17H26OS. The molecule has 1 unspecified atom stereocenters. The Morgan fingerprint density at radius 1 is 1.26 bits per heavy atom. The number of hydrogen-bond acceptors (Lipinski definition) is 2. The summed E-state index contributed by atoms with van der Waals surface area (Å²) in [7, 11) is 0. The lowest BCUT2D eigenvalue weighted by Gasteiger charge is -2.21. The Bertz CT molecular complexity index is 394. The van der Waals surface area contributed by atoms with Crippen molar-refractivity contribution in [1.82, 2.24) is 0 Å². The second-order valence-corrected chi connectivity index (χ2v) is 6.73. The highest BCUT2D eigenvalue weighted by atomic mass is 32.1. The van der Waals surface area contributed by atoms with E-state index in [1.54, 1.807) is 0 Å². The van der Waals surface area contributed by atoms with E-state index in [4.69, 9.17) is 0 Å². The van der Waals surface area contributed by atoms with E-state index in [0.717, 1.165) is 19.3 Å². The van der Waals surface area contributed by atoms with Crippen LogP contribution in [-0.4, -0.2) is 5.78 Å². The van der Waals surface area contributed by atoms with Crippen LogP contribution in [0.2, 0.25) is 0 Å². The van der Waals surface area contributed by atoms with Crippen LogP contribution in [0.4, 0.5) is 0 Å². The number of hydrogen-bond donors (Lipinski definition) is 0. The molecule has 1 aliphatic rings. The minimum atomic E-state index is 0.227. The van der Waals surface area contributed by atoms with E-state index < -0.39 is 0 Å². The molecule has 1 heterocycles. The summed E-state index contributed by atoms with van der Waals surface area (Å²) in [6.45, 7) is 2.24. The Hall–Kier alpha value is -0.630.